The Hall–Kier alpha value is -3.10. The maximum absolute atomic E-state index is 13.7. The molecule has 8 heteroatoms. The first kappa shape index (κ1) is 25.0. The summed E-state index contributed by atoms with van der Waals surface area (Å²) < 4.78 is 57.8. The molecule has 5 nitrogen and oxygen atoms in total. The molecule has 186 valence electrons. The smallest absolute Gasteiger partial charge is 0.416 e. The Balaban J connectivity index is 1.61. The number of benzene rings is 2. The van der Waals surface area contributed by atoms with Crippen molar-refractivity contribution < 1.29 is 27.4 Å². The summed E-state index contributed by atoms with van der Waals surface area (Å²) in [6.45, 7) is 2.23. The van der Waals surface area contributed by atoms with Crippen molar-refractivity contribution in [2.45, 2.75) is 31.0 Å². The first-order valence-electron chi connectivity index (χ1n) is 11.5. The molecule has 2 aromatic carbocycles. The van der Waals surface area contributed by atoms with Gasteiger partial charge in [0.1, 0.15) is 0 Å². The third-order valence-corrected chi connectivity index (χ3v) is 6.46. The van der Waals surface area contributed by atoms with Crippen LogP contribution in [0, 0.1) is 0 Å². The first-order valence-corrected chi connectivity index (χ1v) is 11.5. The summed E-state index contributed by atoms with van der Waals surface area (Å²) in [7, 11) is 2.89. The van der Waals surface area contributed by atoms with Crippen LogP contribution >= 0.6 is 0 Å². The average molecular weight is 487 g/mol. The molecule has 0 unspecified atom stereocenters. The molecule has 1 N–H and O–H groups in total. The van der Waals surface area contributed by atoms with E-state index >= 15 is 0 Å². The number of ether oxygens (including phenoxy) is 3. The molecule has 2 heterocycles. The predicted molar refractivity (Wildman–Crippen MR) is 128 cm³/mol. The van der Waals surface area contributed by atoms with Crippen molar-refractivity contribution in [2.24, 2.45) is 0 Å². The van der Waals surface area contributed by atoms with Crippen LogP contribution in [0.3, 0.4) is 0 Å². The fourth-order valence-electron chi connectivity index (χ4n) is 4.58. The lowest BCUT2D eigenvalue weighted by molar-refractivity contribution is -0.137. The molecule has 4 rings (SSSR count). The van der Waals surface area contributed by atoms with Crippen molar-refractivity contribution in [3.05, 3.63) is 77.4 Å². The van der Waals surface area contributed by atoms with Gasteiger partial charge in [-0.15, -0.1) is 0 Å². The Labute approximate surface area is 203 Å². The number of rotatable bonds is 8. The Bertz CT molecular complexity index is 1130. The zero-order valence-electron chi connectivity index (χ0n) is 19.8. The lowest BCUT2D eigenvalue weighted by Crippen LogP contribution is -2.43. The maximum atomic E-state index is 13.7. The molecule has 1 aromatic heterocycles. The Morgan fingerprint density at radius 2 is 1.69 bits per heavy atom. The van der Waals surface area contributed by atoms with Crippen LogP contribution in [0.4, 0.5) is 13.2 Å². The highest BCUT2D eigenvalue weighted by atomic mass is 19.4. The van der Waals surface area contributed by atoms with Gasteiger partial charge in [-0.1, -0.05) is 30.3 Å². The van der Waals surface area contributed by atoms with E-state index in [0.717, 1.165) is 38.1 Å². The minimum absolute atomic E-state index is 0.0603. The Kier molecular flexibility index (Phi) is 7.62. The third-order valence-electron chi connectivity index (χ3n) is 6.46. The molecule has 0 saturated carbocycles. The van der Waals surface area contributed by atoms with Crippen molar-refractivity contribution in [3.63, 3.8) is 0 Å². The number of methoxy groups -OCH3 is 2. The summed E-state index contributed by atoms with van der Waals surface area (Å²) in [4.78, 5) is 4.21. The fraction of sp³-hybridized carbons (Fsp3) is 0.370. The number of aromatic nitrogens is 1. The molecular weight excluding hydrogens is 457 g/mol. The predicted octanol–water partition coefficient (Wildman–Crippen LogP) is 5.62. The van der Waals surface area contributed by atoms with Crippen molar-refractivity contribution in [3.8, 4) is 22.9 Å². The molecular formula is C27H29F3N2O3. The van der Waals surface area contributed by atoms with Crippen LogP contribution in [0.1, 0.15) is 29.5 Å². The van der Waals surface area contributed by atoms with Gasteiger partial charge in [-0.2, -0.15) is 18.2 Å². The van der Waals surface area contributed by atoms with Crippen LogP contribution in [0.25, 0.3) is 11.1 Å². The van der Waals surface area contributed by atoms with Crippen molar-refractivity contribution >= 4 is 0 Å². The number of piperidine rings is 1. The molecule has 0 bridgehead atoms. The van der Waals surface area contributed by atoms with Crippen LogP contribution < -0.4 is 14.8 Å². The van der Waals surface area contributed by atoms with Gasteiger partial charge in [-0.05, 0) is 66.9 Å². The number of nitrogens with zero attached hydrogens (tertiary/aromatic N) is 1. The molecule has 3 aromatic rings. The van der Waals surface area contributed by atoms with Crippen LogP contribution in [-0.4, -0.2) is 38.9 Å². The van der Waals surface area contributed by atoms with Gasteiger partial charge >= 0.3 is 6.18 Å². The van der Waals surface area contributed by atoms with Crippen LogP contribution in [-0.2, 0) is 22.9 Å². The largest absolute Gasteiger partial charge is 0.481 e. The number of nitrogens with one attached hydrogen (secondary N) is 1. The van der Waals surface area contributed by atoms with Gasteiger partial charge in [0.25, 0.3) is 0 Å². The topological polar surface area (TPSA) is 52.6 Å². The lowest BCUT2D eigenvalue weighted by atomic mass is 9.74. The standard InChI is InChI=1S/C27H29F3N2O3/c1-33-24-9-8-23(25(32-24)34-2)20-14-19(15-22(16-20)27(28,29)30)17-35-18-26(10-12-31-13-11-26)21-6-4-3-5-7-21/h3-9,14-16,31H,10-13,17-18H2,1-2H3. The normalized spacial score (nSPS) is 15.6. The van der Waals surface area contributed by atoms with E-state index in [-0.39, 0.29) is 17.9 Å². The molecule has 1 fully saturated rings. The van der Waals surface area contributed by atoms with Gasteiger partial charge in [0.15, 0.2) is 0 Å². The number of hydrogen-bond donors (Lipinski definition) is 1. The van der Waals surface area contributed by atoms with E-state index in [0.29, 0.717) is 29.2 Å². The highest BCUT2D eigenvalue weighted by molar-refractivity contribution is 5.70. The first-order chi connectivity index (χ1) is 16.8. The van der Waals surface area contributed by atoms with E-state index in [4.69, 9.17) is 14.2 Å². The van der Waals surface area contributed by atoms with Gasteiger partial charge in [-0.25, -0.2) is 0 Å². The van der Waals surface area contributed by atoms with E-state index in [1.165, 1.54) is 19.8 Å². The number of pyridine rings is 1. The zero-order chi connectivity index (χ0) is 24.9. The number of halogens is 3. The third kappa shape index (κ3) is 5.77. The van der Waals surface area contributed by atoms with E-state index < -0.39 is 11.7 Å². The highest BCUT2D eigenvalue weighted by Gasteiger charge is 2.35. The molecule has 35 heavy (non-hydrogen) atoms. The van der Waals surface area contributed by atoms with Gasteiger partial charge < -0.3 is 19.5 Å². The summed E-state index contributed by atoms with van der Waals surface area (Å²) in [6.07, 6.45) is -2.70. The quantitative estimate of drug-likeness (QED) is 0.448. The molecule has 0 spiro atoms. The number of hydrogen-bond acceptors (Lipinski definition) is 5. The van der Waals surface area contributed by atoms with Gasteiger partial charge in [0, 0.05) is 17.0 Å². The fourth-order valence-corrected chi connectivity index (χ4v) is 4.58. The number of alkyl halides is 3. The summed E-state index contributed by atoms with van der Waals surface area (Å²) in [6, 6.07) is 17.4. The molecule has 1 aliphatic heterocycles. The second-order valence-corrected chi connectivity index (χ2v) is 8.72. The molecule has 1 aliphatic rings. The van der Waals surface area contributed by atoms with E-state index in [1.54, 1.807) is 18.2 Å². The van der Waals surface area contributed by atoms with Crippen LogP contribution in [0.15, 0.2) is 60.7 Å². The van der Waals surface area contributed by atoms with Gasteiger partial charge in [-0.3, -0.25) is 0 Å². The summed E-state index contributed by atoms with van der Waals surface area (Å²) in [5.41, 5.74) is 1.51. The highest BCUT2D eigenvalue weighted by Crippen LogP contribution is 2.38. The van der Waals surface area contributed by atoms with E-state index in [9.17, 15) is 13.2 Å². The van der Waals surface area contributed by atoms with Gasteiger partial charge in [0.05, 0.1) is 33.0 Å². The molecule has 0 radical (unpaired) electrons. The van der Waals surface area contributed by atoms with Crippen molar-refractivity contribution in [1.82, 2.24) is 10.3 Å². The summed E-state index contributed by atoms with van der Waals surface area (Å²) in [5.74, 6) is 0.502. The molecule has 0 atom stereocenters. The molecule has 0 aliphatic carbocycles. The lowest BCUT2D eigenvalue weighted by Gasteiger charge is -2.38. The zero-order valence-corrected chi connectivity index (χ0v) is 19.8. The SMILES string of the molecule is COc1ccc(-c2cc(COCC3(c4ccccc4)CCNCC3)cc(C(F)(F)F)c2)c(OC)n1. The van der Waals surface area contributed by atoms with E-state index in [1.807, 2.05) is 18.2 Å². The maximum Gasteiger partial charge on any atom is 0.416 e. The van der Waals surface area contributed by atoms with E-state index in [2.05, 4.69) is 22.4 Å². The second kappa shape index (κ2) is 10.7. The van der Waals surface area contributed by atoms with Crippen molar-refractivity contribution in [2.75, 3.05) is 33.9 Å². The van der Waals surface area contributed by atoms with Crippen LogP contribution in [0.2, 0.25) is 0 Å². The second-order valence-electron chi connectivity index (χ2n) is 8.72. The molecule has 1 saturated heterocycles. The molecule has 0 amide bonds. The minimum atomic E-state index is -4.50. The van der Waals surface area contributed by atoms with Gasteiger partial charge in [0.2, 0.25) is 11.8 Å². The minimum Gasteiger partial charge on any atom is -0.481 e. The summed E-state index contributed by atoms with van der Waals surface area (Å²) >= 11 is 0. The Morgan fingerprint density at radius 1 is 0.943 bits per heavy atom. The monoisotopic (exact) mass is 486 g/mol. The Morgan fingerprint density at radius 3 is 2.34 bits per heavy atom. The van der Waals surface area contributed by atoms with Crippen molar-refractivity contribution in [1.29, 1.82) is 0 Å². The summed E-state index contributed by atoms with van der Waals surface area (Å²) in [5, 5.41) is 3.38. The average Bonchev–Trinajstić information content (AvgIpc) is 2.88. The van der Waals surface area contributed by atoms with Crippen LogP contribution in [0.5, 0.6) is 11.8 Å².